The summed E-state index contributed by atoms with van der Waals surface area (Å²) in [6.07, 6.45) is 8.07. The molecule has 4 heteroatoms. The standard InChI is InChI=1S/C18H28N2O.ClH/c21-12-11-20(13-15-5-2-1-3-6-15)14-17-8-4-7-16-9-10-19-18(16)17;/h4,7-8,15,19,21H,1-3,5-6,9-14H2;1H. The predicted octanol–water partition coefficient (Wildman–Crippen LogP) is 3.45. The molecule has 0 aromatic heterocycles. The highest BCUT2D eigenvalue weighted by Crippen LogP contribution is 2.29. The largest absolute Gasteiger partial charge is 0.395 e. The Hall–Kier alpha value is -0.770. The first kappa shape index (κ1) is 17.6. The molecule has 2 aliphatic rings. The molecule has 0 bridgehead atoms. The summed E-state index contributed by atoms with van der Waals surface area (Å²) in [5.41, 5.74) is 4.20. The molecule has 0 unspecified atom stereocenters. The molecule has 1 aliphatic carbocycles. The lowest BCUT2D eigenvalue weighted by atomic mass is 9.89. The lowest BCUT2D eigenvalue weighted by molar-refractivity contribution is 0.155. The fourth-order valence-corrected chi connectivity index (χ4v) is 3.89. The fraction of sp³-hybridized carbons (Fsp3) is 0.667. The second-order valence-electron chi connectivity index (χ2n) is 6.59. The van der Waals surface area contributed by atoms with Crippen LogP contribution >= 0.6 is 12.4 Å². The van der Waals surface area contributed by atoms with E-state index in [0.717, 1.165) is 38.5 Å². The first-order chi connectivity index (χ1) is 10.4. The second-order valence-corrected chi connectivity index (χ2v) is 6.59. The van der Waals surface area contributed by atoms with Crippen LogP contribution in [-0.2, 0) is 13.0 Å². The van der Waals surface area contributed by atoms with Crippen molar-refractivity contribution in [1.29, 1.82) is 0 Å². The van der Waals surface area contributed by atoms with Gasteiger partial charge in [0.05, 0.1) is 6.61 Å². The van der Waals surface area contributed by atoms with E-state index in [1.165, 1.54) is 48.9 Å². The minimum atomic E-state index is 0. The molecule has 0 spiro atoms. The monoisotopic (exact) mass is 324 g/mol. The zero-order valence-electron chi connectivity index (χ0n) is 13.4. The van der Waals surface area contributed by atoms with E-state index in [4.69, 9.17) is 0 Å². The number of nitrogens with one attached hydrogen (secondary N) is 1. The summed E-state index contributed by atoms with van der Waals surface area (Å²) in [4.78, 5) is 2.45. The summed E-state index contributed by atoms with van der Waals surface area (Å²) in [5.74, 6) is 0.829. The third-order valence-electron chi connectivity index (χ3n) is 4.98. The molecular weight excluding hydrogens is 296 g/mol. The van der Waals surface area contributed by atoms with Crippen LogP contribution in [0, 0.1) is 5.92 Å². The summed E-state index contributed by atoms with van der Waals surface area (Å²) in [6, 6.07) is 6.65. The average Bonchev–Trinajstić information content (AvgIpc) is 2.98. The Morgan fingerprint density at radius 2 is 2.00 bits per heavy atom. The van der Waals surface area contributed by atoms with E-state index in [1.54, 1.807) is 0 Å². The molecule has 124 valence electrons. The number of nitrogens with zero attached hydrogens (tertiary/aromatic N) is 1. The van der Waals surface area contributed by atoms with Crippen molar-refractivity contribution in [2.75, 3.05) is 31.6 Å². The Balaban J connectivity index is 0.00000176. The second kappa shape index (κ2) is 8.76. The first-order valence-corrected chi connectivity index (χ1v) is 8.54. The number of fused-ring (bicyclic) bond motifs is 1. The van der Waals surface area contributed by atoms with Gasteiger partial charge in [-0.25, -0.2) is 0 Å². The van der Waals surface area contributed by atoms with Gasteiger partial charge in [0.2, 0.25) is 0 Å². The van der Waals surface area contributed by atoms with Crippen LogP contribution in [0.5, 0.6) is 0 Å². The van der Waals surface area contributed by atoms with Crippen LogP contribution in [0.15, 0.2) is 18.2 Å². The van der Waals surface area contributed by atoms with Gasteiger partial charge in [-0.3, -0.25) is 4.90 Å². The molecule has 1 aromatic rings. The van der Waals surface area contributed by atoms with Gasteiger partial charge in [0.1, 0.15) is 0 Å². The average molecular weight is 325 g/mol. The van der Waals surface area contributed by atoms with Gasteiger partial charge in [-0.2, -0.15) is 0 Å². The van der Waals surface area contributed by atoms with E-state index in [0.29, 0.717) is 0 Å². The van der Waals surface area contributed by atoms with Gasteiger partial charge in [-0.05, 0) is 36.3 Å². The molecule has 0 saturated heterocycles. The Bertz CT molecular complexity index is 460. The molecular formula is C18H29ClN2O. The van der Waals surface area contributed by atoms with Crippen molar-refractivity contribution < 1.29 is 5.11 Å². The molecule has 1 heterocycles. The highest BCUT2D eigenvalue weighted by atomic mass is 35.5. The number of benzene rings is 1. The van der Waals surface area contributed by atoms with Crippen LogP contribution in [0.1, 0.15) is 43.2 Å². The maximum Gasteiger partial charge on any atom is 0.0558 e. The van der Waals surface area contributed by atoms with Gasteiger partial charge < -0.3 is 10.4 Å². The molecule has 2 N–H and O–H groups in total. The highest BCUT2D eigenvalue weighted by molar-refractivity contribution is 5.85. The summed E-state index contributed by atoms with van der Waals surface area (Å²) in [7, 11) is 0. The van der Waals surface area contributed by atoms with Crippen molar-refractivity contribution >= 4 is 18.1 Å². The van der Waals surface area contributed by atoms with Crippen LogP contribution in [0.4, 0.5) is 5.69 Å². The topological polar surface area (TPSA) is 35.5 Å². The Kier molecular flexibility index (Phi) is 7.00. The first-order valence-electron chi connectivity index (χ1n) is 8.54. The van der Waals surface area contributed by atoms with Gasteiger partial charge in [0.25, 0.3) is 0 Å². The predicted molar refractivity (Wildman–Crippen MR) is 94.8 cm³/mol. The third-order valence-corrected chi connectivity index (χ3v) is 4.98. The molecule has 3 nitrogen and oxygen atoms in total. The van der Waals surface area contributed by atoms with Crippen LogP contribution in [0.25, 0.3) is 0 Å². The lowest BCUT2D eigenvalue weighted by Crippen LogP contribution is -2.32. The van der Waals surface area contributed by atoms with Crippen molar-refractivity contribution in [3.63, 3.8) is 0 Å². The number of halogens is 1. The highest BCUT2D eigenvalue weighted by Gasteiger charge is 2.19. The van der Waals surface area contributed by atoms with Gasteiger partial charge in [0.15, 0.2) is 0 Å². The zero-order valence-corrected chi connectivity index (χ0v) is 14.2. The van der Waals surface area contributed by atoms with Crippen LogP contribution in [-0.4, -0.2) is 36.2 Å². The van der Waals surface area contributed by atoms with Crippen LogP contribution in [0.2, 0.25) is 0 Å². The number of aliphatic hydroxyl groups is 1. The minimum absolute atomic E-state index is 0. The van der Waals surface area contributed by atoms with Crippen molar-refractivity contribution in [3.05, 3.63) is 29.3 Å². The van der Waals surface area contributed by atoms with Gasteiger partial charge in [-0.1, -0.05) is 37.5 Å². The van der Waals surface area contributed by atoms with Crippen LogP contribution in [0.3, 0.4) is 0 Å². The number of anilines is 1. The van der Waals surface area contributed by atoms with Crippen LogP contribution < -0.4 is 5.32 Å². The number of para-hydroxylation sites is 1. The molecule has 22 heavy (non-hydrogen) atoms. The summed E-state index contributed by atoms with van der Waals surface area (Å²) < 4.78 is 0. The maximum atomic E-state index is 9.38. The molecule has 0 amide bonds. The van der Waals surface area contributed by atoms with Crippen molar-refractivity contribution in [3.8, 4) is 0 Å². The number of rotatable bonds is 6. The number of hydrogen-bond acceptors (Lipinski definition) is 3. The Labute approximate surface area is 140 Å². The fourth-order valence-electron chi connectivity index (χ4n) is 3.89. The summed E-state index contributed by atoms with van der Waals surface area (Å²) >= 11 is 0. The number of aliphatic hydroxyl groups excluding tert-OH is 1. The number of hydrogen-bond donors (Lipinski definition) is 2. The minimum Gasteiger partial charge on any atom is -0.395 e. The van der Waals surface area contributed by atoms with E-state index < -0.39 is 0 Å². The van der Waals surface area contributed by atoms with E-state index in [2.05, 4.69) is 28.4 Å². The van der Waals surface area contributed by atoms with Crippen molar-refractivity contribution in [1.82, 2.24) is 4.90 Å². The van der Waals surface area contributed by atoms with Gasteiger partial charge in [0, 0.05) is 31.9 Å². The van der Waals surface area contributed by atoms with Crippen molar-refractivity contribution in [2.24, 2.45) is 5.92 Å². The molecule has 0 radical (unpaired) electrons. The third kappa shape index (κ3) is 4.37. The van der Waals surface area contributed by atoms with E-state index >= 15 is 0 Å². The molecule has 1 saturated carbocycles. The molecule has 0 atom stereocenters. The molecule has 1 aromatic carbocycles. The van der Waals surface area contributed by atoms with E-state index in [-0.39, 0.29) is 19.0 Å². The molecule has 1 fully saturated rings. The lowest BCUT2D eigenvalue weighted by Gasteiger charge is -2.29. The smallest absolute Gasteiger partial charge is 0.0558 e. The maximum absolute atomic E-state index is 9.38. The Morgan fingerprint density at radius 1 is 1.18 bits per heavy atom. The quantitative estimate of drug-likeness (QED) is 0.841. The van der Waals surface area contributed by atoms with Gasteiger partial charge in [-0.15, -0.1) is 12.4 Å². The zero-order chi connectivity index (χ0) is 14.5. The molecule has 3 rings (SSSR count). The Morgan fingerprint density at radius 3 is 2.77 bits per heavy atom. The van der Waals surface area contributed by atoms with E-state index in [1.807, 2.05) is 0 Å². The SMILES string of the molecule is Cl.OCCN(Cc1cccc2c1NCC2)CC1CCCCC1. The van der Waals surface area contributed by atoms with Gasteiger partial charge >= 0.3 is 0 Å². The van der Waals surface area contributed by atoms with E-state index in [9.17, 15) is 5.11 Å². The molecule has 1 aliphatic heterocycles. The summed E-state index contributed by atoms with van der Waals surface area (Å²) in [5, 5.41) is 12.9. The van der Waals surface area contributed by atoms with Crippen molar-refractivity contribution in [2.45, 2.75) is 45.1 Å². The normalized spacial score (nSPS) is 17.9. The summed E-state index contributed by atoms with van der Waals surface area (Å²) in [6.45, 7) is 4.22.